The number of nitrogens with zero attached hydrogens (tertiary/aromatic N) is 5. The molecule has 214 valence electrons. The lowest BCUT2D eigenvalue weighted by molar-refractivity contribution is 0.102. The van der Waals surface area contributed by atoms with Crippen LogP contribution in [0.4, 0.5) is 5.82 Å². The summed E-state index contributed by atoms with van der Waals surface area (Å²) in [6, 6.07) is 10.7. The van der Waals surface area contributed by atoms with Crippen LogP contribution >= 0.6 is 0 Å². The SMILES string of the molecule is CC.Cc1nn(C2CCN(CCCN)CC2)c2cc(C(=O)Nc3cc4[nH]c(C5CCCN5C)cc4cn3)ccc12. The molecule has 40 heavy (non-hydrogen) atoms. The first-order valence-corrected chi connectivity index (χ1v) is 14.9. The number of piperidine rings is 1. The molecule has 9 heteroatoms. The summed E-state index contributed by atoms with van der Waals surface area (Å²) in [6.07, 6.45) is 7.35. The van der Waals surface area contributed by atoms with Crippen LogP contribution in [0.15, 0.2) is 36.5 Å². The highest BCUT2D eigenvalue weighted by atomic mass is 16.1. The van der Waals surface area contributed by atoms with Crippen LogP contribution in [0.1, 0.15) is 79.8 Å². The van der Waals surface area contributed by atoms with Crippen molar-refractivity contribution in [2.24, 2.45) is 5.73 Å². The van der Waals surface area contributed by atoms with Crippen molar-refractivity contribution in [1.29, 1.82) is 0 Å². The number of anilines is 1. The van der Waals surface area contributed by atoms with E-state index in [0.717, 1.165) is 85.9 Å². The average Bonchev–Trinajstić information content (AvgIpc) is 3.69. The number of carbonyl (C=O) groups excluding carboxylic acids is 1. The van der Waals surface area contributed by atoms with Crippen molar-refractivity contribution in [3.63, 3.8) is 0 Å². The van der Waals surface area contributed by atoms with Gasteiger partial charge in [-0.1, -0.05) is 19.9 Å². The number of hydrogen-bond acceptors (Lipinski definition) is 6. The maximum atomic E-state index is 13.3. The van der Waals surface area contributed by atoms with E-state index < -0.39 is 0 Å². The molecular formula is C31H44N8O. The lowest BCUT2D eigenvalue weighted by atomic mass is 10.0. The molecule has 2 saturated heterocycles. The third-order valence-corrected chi connectivity index (χ3v) is 8.38. The predicted octanol–water partition coefficient (Wildman–Crippen LogP) is 5.25. The van der Waals surface area contributed by atoms with Crippen LogP contribution in [0.3, 0.4) is 0 Å². The number of nitrogens with two attached hydrogens (primary N) is 1. The Kier molecular flexibility index (Phi) is 8.83. The number of aromatic amines is 1. The van der Waals surface area contributed by atoms with Crippen LogP contribution in [0, 0.1) is 6.92 Å². The predicted molar refractivity (Wildman–Crippen MR) is 163 cm³/mol. The third kappa shape index (κ3) is 5.77. The number of carbonyl (C=O) groups is 1. The van der Waals surface area contributed by atoms with E-state index in [1.807, 2.05) is 51.2 Å². The Morgan fingerprint density at radius 1 is 1.12 bits per heavy atom. The van der Waals surface area contributed by atoms with E-state index in [4.69, 9.17) is 10.8 Å². The largest absolute Gasteiger partial charge is 0.357 e. The fourth-order valence-electron chi connectivity index (χ4n) is 6.21. The monoisotopic (exact) mass is 544 g/mol. The number of nitrogens with one attached hydrogen (secondary N) is 2. The second-order valence-electron chi connectivity index (χ2n) is 11.0. The Hall–Kier alpha value is -3.27. The topological polar surface area (TPSA) is 108 Å². The van der Waals surface area contributed by atoms with Crippen molar-refractivity contribution in [2.45, 2.75) is 65.0 Å². The summed E-state index contributed by atoms with van der Waals surface area (Å²) in [5, 5.41) is 10.1. The smallest absolute Gasteiger partial charge is 0.256 e. The summed E-state index contributed by atoms with van der Waals surface area (Å²) in [6.45, 7) is 11.1. The summed E-state index contributed by atoms with van der Waals surface area (Å²) in [4.78, 5) is 26.2. The van der Waals surface area contributed by atoms with Crippen molar-refractivity contribution in [3.8, 4) is 0 Å². The zero-order valence-electron chi connectivity index (χ0n) is 24.4. The molecule has 1 aromatic carbocycles. The van der Waals surface area contributed by atoms with Gasteiger partial charge in [0.15, 0.2) is 0 Å². The second kappa shape index (κ2) is 12.5. The van der Waals surface area contributed by atoms with E-state index in [0.29, 0.717) is 23.5 Å². The minimum Gasteiger partial charge on any atom is -0.357 e. The molecule has 2 fully saturated rings. The van der Waals surface area contributed by atoms with Crippen LogP contribution < -0.4 is 11.1 Å². The molecule has 1 atom stereocenters. The number of aryl methyl sites for hydroxylation is 1. The molecule has 5 heterocycles. The number of rotatable bonds is 7. The van der Waals surface area contributed by atoms with Gasteiger partial charge in [0.1, 0.15) is 5.82 Å². The number of pyridine rings is 1. The van der Waals surface area contributed by atoms with Gasteiger partial charge in [-0.25, -0.2) is 4.98 Å². The van der Waals surface area contributed by atoms with Gasteiger partial charge >= 0.3 is 0 Å². The summed E-state index contributed by atoms with van der Waals surface area (Å²) < 4.78 is 2.15. The summed E-state index contributed by atoms with van der Waals surface area (Å²) in [5.41, 5.74) is 10.5. The number of H-pyrrole nitrogens is 1. The molecule has 0 aliphatic carbocycles. The van der Waals surface area contributed by atoms with Gasteiger partial charge in [-0.3, -0.25) is 14.4 Å². The minimum absolute atomic E-state index is 0.164. The number of likely N-dealkylation sites (tertiary alicyclic amines) is 2. The van der Waals surface area contributed by atoms with Crippen molar-refractivity contribution >= 4 is 33.5 Å². The molecule has 4 N–H and O–H groups in total. The molecule has 0 bridgehead atoms. The number of aromatic nitrogens is 4. The standard InChI is InChI=1S/C29H38N8O.C2H6/c1-19-23-7-6-20(16-27(23)37(34-19)22-8-13-36(14-9-22)12-4-10-30)29(38)33-28-17-24-21(18-31-28)15-25(32-24)26-5-3-11-35(26)2;1-2/h6-7,15-18,22,26,32H,3-5,8-14,30H2,1-2H3,(H,31,33,38);1-2H3. The Labute approximate surface area is 237 Å². The number of fused-ring (bicyclic) bond motifs is 2. The number of hydrogen-bond donors (Lipinski definition) is 3. The number of benzene rings is 1. The second-order valence-corrected chi connectivity index (χ2v) is 11.0. The average molecular weight is 545 g/mol. The van der Waals surface area contributed by atoms with E-state index in [1.54, 1.807) is 0 Å². The van der Waals surface area contributed by atoms with E-state index in [1.165, 1.54) is 12.1 Å². The third-order valence-electron chi connectivity index (χ3n) is 8.38. The zero-order valence-corrected chi connectivity index (χ0v) is 24.4. The van der Waals surface area contributed by atoms with Crippen molar-refractivity contribution < 1.29 is 4.79 Å². The van der Waals surface area contributed by atoms with E-state index in [2.05, 4.69) is 42.9 Å². The van der Waals surface area contributed by atoms with Gasteiger partial charge in [-0.15, -0.1) is 0 Å². The van der Waals surface area contributed by atoms with Gasteiger partial charge in [-0.2, -0.15) is 5.10 Å². The van der Waals surface area contributed by atoms with E-state index in [-0.39, 0.29) is 5.91 Å². The first kappa shape index (κ1) is 28.3. The molecule has 2 aliphatic heterocycles. The Morgan fingerprint density at radius 3 is 2.65 bits per heavy atom. The lowest BCUT2D eigenvalue weighted by Crippen LogP contribution is -2.36. The van der Waals surface area contributed by atoms with Crippen molar-refractivity contribution in [2.75, 3.05) is 45.1 Å². The molecule has 4 aromatic rings. The summed E-state index contributed by atoms with van der Waals surface area (Å²) in [5.74, 6) is 0.383. The van der Waals surface area contributed by atoms with E-state index >= 15 is 0 Å². The van der Waals surface area contributed by atoms with Crippen LogP contribution in [-0.2, 0) is 0 Å². The molecule has 0 spiro atoms. The fraction of sp³-hybridized carbons (Fsp3) is 0.516. The maximum Gasteiger partial charge on any atom is 0.256 e. The van der Waals surface area contributed by atoms with Crippen molar-refractivity contribution in [1.82, 2.24) is 29.5 Å². The number of amides is 1. The van der Waals surface area contributed by atoms with Crippen LogP contribution in [0.25, 0.3) is 21.8 Å². The fourth-order valence-corrected chi connectivity index (χ4v) is 6.21. The molecule has 1 amide bonds. The molecular weight excluding hydrogens is 500 g/mol. The normalized spacial score (nSPS) is 18.8. The van der Waals surface area contributed by atoms with Crippen molar-refractivity contribution in [3.05, 3.63) is 53.5 Å². The minimum atomic E-state index is -0.164. The van der Waals surface area contributed by atoms with Gasteiger partial charge in [0.2, 0.25) is 0 Å². The van der Waals surface area contributed by atoms with Gasteiger partial charge in [0.05, 0.1) is 22.8 Å². The first-order valence-electron chi connectivity index (χ1n) is 14.9. The summed E-state index contributed by atoms with van der Waals surface area (Å²) >= 11 is 0. The molecule has 2 aliphatic rings. The highest BCUT2D eigenvalue weighted by Gasteiger charge is 2.25. The van der Waals surface area contributed by atoms with Gasteiger partial charge in [0.25, 0.3) is 5.91 Å². The summed E-state index contributed by atoms with van der Waals surface area (Å²) in [7, 11) is 2.17. The molecule has 0 radical (unpaired) electrons. The van der Waals surface area contributed by atoms with Crippen LogP contribution in [0.5, 0.6) is 0 Å². The highest BCUT2D eigenvalue weighted by molar-refractivity contribution is 6.06. The van der Waals surface area contributed by atoms with Gasteiger partial charge < -0.3 is 20.9 Å². The lowest BCUT2D eigenvalue weighted by Gasteiger charge is -2.32. The van der Waals surface area contributed by atoms with Gasteiger partial charge in [0, 0.05) is 53.4 Å². The van der Waals surface area contributed by atoms with E-state index in [9.17, 15) is 4.79 Å². The Balaban J connectivity index is 0.00000158. The first-order chi connectivity index (χ1) is 19.5. The van der Waals surface area contributed by atoms with Crippen LogP contribution in [-0.4, -0.2) is 75.2 Å². The molecule has 3 aromatic heterocycles. The van der Waals surface area contributed by atoms with Crippen LogP contribution in [0.2, 0.25) is 0 Å². The molecule has 6 rings (SSSR count). The Morgan fingerprint density at radius 2 is 1.93 bits per heavy atom. The molecule has 9 nitrogen and oxygen atoms in total. The molecule has 0 saturated carbocycles. The quantitative estimate of drug-likeness (QED) is 0.293. The highest BCUT2D eigenvalue weighted by Crippen LogP contribution is 2.32. The maximum absolute atomic E-state index is 13.3. The van der Waals surface area contributed by atoms with Gasteiger partial charge in [-0.05, 0) is 83.9 Å². The zero-order chi connectivity index (χ0) is 28.2. The molecule has 1 unspecified atom stereocenters. The Bertz CT molecular complexity index is 1450.